The van der Waals surface area contributed by atoms with Gasteiger partial charge in [-0.1, -0.05) is 29.8 Å². The van der Waals surface area contributed by atoms with Gasteiger partial charge in [0.05, 0.1) is 11.4 Å². The molecule has 5 N–H and O–H groups in total. The molecule has 7 heteroatoms. The Morgan fingerprint density at radius 2 is 1.85 bits per heavy atom. The molecule has 0 aromatic heterocycles. The van der Waals surface area contributed by atoms with Crippen molar-refractivity contribution in [1.29, 1.82) is 0 Å². The number of nitrogen functional groups attached to an aromatic ring is 1. The molecule has 0 fully saturated rings. The van der Waals surface area contributed by atoms with Crippen LogP contribution in [0, 0.1) is 0 Å². The van der Waals surface area contributed by atoms with E-state index in [4.69, 9.17) is 22.5 Å². The minimum absolute atomic E-state index is 0.0893. The first kappa shape index (κ1) is 14.6. The van der Waals surface area contributed by atoms with E-state index in [0.29, 0.717) is 17.3 Å². The van der Waals surface area contributed by atoms with E-state index in [-0.39, 0.29) is 10.6 Å². The minimum Gasteiger partial charge on any atom is -0.396 e. The summed E-state index contributed by atoms with van der Waals surface area (Å²) in [6, 6.07) is 12.0. The summed E-state index contributed by atoms with van der Waals surface area (Å²) in [5.41, 5.74) is 7.39. The van der Waals surface area contributed by atoms with Gasteiger partial charge in [-0.05, 0) is 29.8 Å². The standard InChI is InChI=1S/C13H14ClN3O2S/c14-10-4-1-3-9(7-10)8-17-11-5-2-6-12(13(11)15)20(16,18)19/h1-7,17H,8,15H2,(H2,16,18,19). The van der Waals surface area contributed by atoms with Crippen LogP contribution in [0.5, 0.6) is 0 Å². The fourth-order valence-corrected chi connectivity index (χ4v) is 2.69. The third kappa shape index (κ3) is 3.41. The summed E-state index contributed by atoms with van der Waals surface area (Å²) in [6.07, 6.45) is 0. The second kappa shape index (κ2) is 5.70. The SMILES string of the molecule is Nc1c(NCc2cccc(Cl)c2)cccc1S(N)(=O)=O. The van der Waals surface area contributed by atoms with Gasteiger partial charge in [0.25, 0.3) is 0 Å². The normalized spacial score (nSPS) is 11.3. The minimum atomic E-state index is -3.83. The van der Waals surface area contributed by atoms with Crippen molar-refractivity contribution in [2.75, 3.05) is 11.1 Å². The van der Waals surface area contributed by atoms with E-state index >= 15 is 0 Å². The smallest absolute Gasteiger partial charge is 0.240 e. The van der Waals surface area contributed by atoms with Crippen LogP contribution in [0.2, 0.25) is 5.02 Å². The molecule has 106 valence electrons. The van der Waals surface area contributed by atoms with Crippen molar-refractivity contribution in [1.82, 2.24) is 0 Å². The van der Waals surface area contributed by atoms with Crippen molar-refractivity contribution in [3.8, 4) is 0 Å². The summed E-state index contributed by atoms with van der Waals surface area (Å²) in [5, 5.41) is 8.80. The molecule has 20 heavy (non-hydrogen) atoms. The molecule has 0 spiro atoms. The number of anilines is 2. The number of halogens is 1. The van der Waals surface area contributed by atoms with Crippen LogP contribution in [0.3, 0.4) is 0 Å². The molecule has 0 aliphatic heterocycles. The zero-order valence-electron chi connectivity index (χ0n) is 10.5. The summed E-state index contributed by atoms with van der Waals surface area (Å²) >= 11 is 5.89. The van der Waals surface area contributed by atoms with E-state index in [9.17, 15) is 8.42 Å². The number of primary sulfonamides is 1. The molecule has 0 saturated carbocycles. The number of sulfonamides is 1. The maximum Gasteiger partial charge on any atom is 0.240 e. The highest BCUT2D eigenvalue weighted by Crippen LogP contribution is 2.26. The Balaban J connectivity index is 2.23. The number of benzene rings is 2. The lowest BCUT2D eigenvalue weighted by molar-refractivity contribution is 0.598. The first-order valence-electron chi connectivity index (χ1n) is 5.77. The van der Waals surface area contributed by atoms with E-state index in [1.54, 1.807) is 18.2 Å². The molecular formula is C13H14ClN3O2S. The van der Waals surface area contributed by atoms with Gasteiger partial charge in [-0.15, -0.1) is 0 Å². The lowest BCUT2D eigenvalue weighted by Gasteiger charge is -2.12. The number of rotatable bonds is 4. The Hall–Kier alpha value is -1.76. The van der Waals surface area contributed by atoms with Gasteiger partial charge in [0, 0.05) is 11.6 Å². The van der Waals surface area contributed by atoms with Crippen LogP contribution in [0.1, 0.15) is 5.56 Å². The van der Waals surface area contributed by atoms with Crippen molar-refractivity contribution >= 4 is 33.0 Å². The predicted molar refractivity (Wildman–Crippen MR) is 81.0 cm³/mol. The third-order valence-corrected chi connectivity index (χ3v) is 3.95. The molecule has 0 unspecified atom stereocenters. The van der Waals surface area contributed by atoms with E-state index in [1.165, 1.54) is 6.07 Å². The highest BCUT2D eigenvalue weighted by molar-refractivity contribution is 7.89. The highest BCUT2D eigenvalue weighted by Gasteiger charge is 2.14. The Morgan fingerprint density at radius 1 is 1.15 bits per heavy atom. The quantitative estimate of drug-likeness (QED) is 0.754. The first-order valence-corrected chi connectivity index (χ1v) is 7.70. The van der Waals surface area contributed by atoms with Gasteiger partial charge in [-0.3, -0.25) is 0 Å². The van der Waals surface area contributed by atoms with E-state index in [1.807, 2.05) is 18.2 Å². The molecular weight excluding hydrogens is 298 g/mol. The predicted octanol–water partition coefficient (Wildman–Crippen LogP) is 2.18. The van der Waals surface area contributed by atoms with E-state index in [2.05, 4.69) is 5.32 Å². The zero-order chi connectivity index (χ0) is 14.8. The zero-order valence-corrected chi connectivity index (χ0v) is 12.1. The van der Waals surface area contributed by atoms with Crippen LogP contribution in [0.4, 0.5) is 11.4 Å². The van der Waals surface area contributed by atoms with Crippen LogP contribution >= 0.6 is 11.6 Å². The lowest BCUT2D eigenvalue weighted by atomic mass is 10.2. The Morgan fingerprint density at radius 3 is 2.50 bits per heavy atom. The Labute approximate surface area is 122 Å². The fourth-order valence-electron chi connectivity index (χ4n) is 1.79. The summed E-state index contributed by atoms with van der Waals surface area (Å²) in [5.74, 6) is 0. The van der Waals surface area contributed by atoms with E-state index in [0.717, 1.165) is 5.56 Å². The number of hydrogen-bond donors (Lipinski definition) is 3. The molecule has 5 nitrogen and oxygen atoms in total. The van der Waals surface area contributed by atoms with Crippen molar-refractivity contribution in [2.45, 2.75) is 11.4 Å². The largest absolute Gasteiger partial charge is 0.396 e. The molecule has 2 aromatic carbocycles. The molecule has 0 saturated heterocycles. The van der Waals surface area contributed by atoms with Crippen molar-refractivity contribution < 1.29 is 8.42 Å². The Bertz CT molecular complexity index is 732. The van der Waals surface area contributed by atoms with Gasteiger partial charge in [0.2, 0.25) is 10.0 Å². The average Bonchev–Trinajstić information content (AvgIpc) is 2.36. The van der Waals surface area contributed by atoms with Crippen LogP contribution in [0.15, 0.2) is 47.4 Å². The monoisotopic (exact) mass is 311 g/mol. The van der Waals surface area contributed by atoms with Gasteiger partial charge in [-0.2, -0.15) is 0 Å². The number of nitrogens with two attached hydrogens (primary N) is 2. The van der Waals surface area contributed by atoms with Gasteiger partial charge in [-0.25, -0.2) is 13.6 Å². The molecule has 0 heterocycles. The number of para-hydroxylation sites is 1. The topological polar surface area (TPSA) is 98.2 Å². The van der Waals surface area contributed by atoms with Crippen LogP contribution < -0.4 is 16.2 Å². The van der Waals surface area contributed by atoms with Crippen molar-refractivity contribution in [3.63, 3.8) is 0 Å². The van der Waals surface area contributed by atoms with Crippen molar-refractivity contribution in [2.24, 2.45) is 5.14 Å². The van der Waals surface area contributed by atoms with Crippen LogP contribution in [-0.2, 0) is 16.6 Å². The third-order valence-electron chi connectivity index (χ3n) is 2.74. The molecule has 2 rings (SSSR count). The van der Waals surface area contributed by atoms with Gasteiger partial charge in [0.1, 0.15) is 4.90 Å². The van der Waals surface area contributed by atoms with Crippen molar-refractivity contribution in [3.05, 3.63) is 53.1 Å². The van der Waals surface area contributed by atoms with E-state index < -0.39 is 10.0 Å². The van der Waals surface area contributed by atoms with Crippen LogP contribution in [0.25, 0.3) is 0 Å². The van der Waals surface area contributed by atoms with Gasteiger partial charge >= 0.3 is 0 Å². The molecule has 2 aromatic rings. The van der Waals surface area contributed by atoms with Crippen LogP contribution in [-0.4, -0.2) is 8.42 Å². The molecule has 0 bridgehead atoms. The molecule has 0 amide bonds. The molecule has 0 radical (unpaired) electrons. The molecule has 0 aliphatic carbocycles. The lowest BCUT2D eigenvalue weighted by Crippen LogP contribution is -2.15. The number of nitrogens with one attached hydrogen (secondary N) is 1. The maximum absolute atomic E-state index is 11.4. The number of hydrogen-bond acceptors (Lipinski definition) is 4. The maximum atomic E-state index is 11.4. The van der Waals surface area contributed by atoms with Gasteiger partial charge < -0.3 is 11.1 Å². The fraction of sp³-hybridized carbons (Fsp3) is 0.0769. The summed E-state index contributed by atoms with van der Waals surface area (Å²) < 4.78 is 22.8. The second-order valence-corrected chi connectivity index (χ2v) is 6.21. The molecule has 0 atom stereocenters. The summed E-state index contributed by atoms with van der Waals surface area (Å²) in [7, 11) is -3.83. The summed E-state index contributed by atoms with van der Waals surface area (Å²) in [4.78, 5) is -0.0893. The summed E-state index contributed by atoms with van der Waals surface area (Å²) in [6.45, 7) is 0.471. The Kier molecular flexibility index (Phi) is 4.17. The first-order chi connectivity index (χ1) is 9.38. The van der Waals surface area contributed by atoms with Gasteiger partial charge in [0.15, 0.2) is 0 Å². The second-order valence-electron chi connectivity index (χ2n) is 4.25. The average molecular weight is 312 g/mol. The molecule has 0 aliphatic rings. The highest BCUT2D eigenvalue weighted by atomic mass is 35.5.